The standard InChI is InChI=1S/C13H26N2S/c1-2-3-4-5-6-7-10-15-11-8-9-12(15)13(14)16/h12H,2-11H2,1H3,(H2,14,16). The second kappa shape index (κ2) is 8.02. The molecule has 16 heavy (non-hydrogen) atoms. The van der Waals surface area contributed by atoms with Crippen molar-refractivity contribution in [1.29, 1.82) is 0 Å². The number of thiocarbonyl (C=S) groups is 1. The number of hydrogen-bond acceptors (Lipinski definition) is 2. The molecule has 0 aromatic rings. The van der Waals surface area contributed by atoms with Gasteiger partial charge in [-0.05, 0) is 32.4 Å². The molecule has 0 saturated carbocycles. The van der Waals surface area contributed by atoms with Crippen molar-refractivity contribution in [2.75, 3.05) is 13.1 Å². The van der Waals surface area contributed by atoms with Crippen molar-refractivity contribution in [2.45, 2.75) is 64.3 Å². The SMILES string of the molecule is CCCCCCCCN1CCCC1C(N)=S. The quantitative estimate of drug-likeness (QED) is 0.524. The number of likely N-dealkylation sites (tertiary alicyclic amines) is 1. The molecule has 0 radical (unpaired) electrons. The monoisotopic (exact) mass is 242 g/mol. The fraction of sp³-hybridized carbons (Fsp3) is 0.923. The van der Waals surface area contributed by atoms with Crippen molar-refractivity contribution in [1.82, 2.24) is 4.90 Å². The molecule has 1 aliphatic rings. The Morgan fingerprint density at radius 1 is 1.25 bits per heavy atom. The van der Waals surface area contributed by atoms with Crippen LogP contribution in [0.3, 0.4) is 0 Å². The predicted octanol–water partition coefficient (Wildman–Crippen LogP) is 3.10. The van der Waals surface area contributed by atoms with E-state index in [4.69, 9.17) is 18.0 Å². The highest BCUT2D eigenvalue weighted by molar-refractivity contribution is 7.80. The van der Waals surface area contributed by atoms with Crippen molar-refractivity contribution in [3.8, 4) is 0 Å². The van der Waals surface area contributed by atoms with Crippen molar-refractivity contribution in [2.24, 2.45) is 5.73 Å². The van der Waals surface area contributed by atoms with E-state index in [0.29, 0.717) is 11.0 Å². The highest BCUT2D eigenvalue weighted by Gasteiger charge is 2.25. The molecule has 0 bridgehead atoms. The largest absolute Gasteiger partial charge is 0.392 e. The van der Waals surface area contributed by atoms with Gasteiger partial charge in [-0.25, -0.2) is 0 Å². The number of hydrogen-bond donors (Lipinski definition) is 1. The van der Waals surface area contributed by atoms with Gasteiger partial charge in [0.25, 0.3) is 0 Å². The van der Waals surface area contributed by atoms with Crippen LogP contribution in [-0.4, -0.2) is 29.0 Å². The average molecular weight is 242 g/mol. The minimum Gasteiger partial charge on any atom is -0.392 e. The van der Waals surface area contributed by atoms with Crippen molar-refractivity contribution < 1.29 is 0 Å². The third-order valence-electron chi connectivity index (χ3n) is 3.49. The van der Waals surface area contributed by atoms with Gasteiger partial charge in [-0.1, -0.05) is 51.2 Å². The molecule has 1 heterocycles. The minimum atomic E-state index is 0.394. The Morgan fingerprint density at radius 3 is 2.62 bits per heavy atom. The Bertz CT molecular complexity index is 206. The molecule has 0 aromatic heterocycles. The van der Waals surface area contributed by atoms with Crippen LogP contribution in [0.15, 0.2) is 0 Å². The molecule has 1 fully saturated rings. The lowest BCUT2D eigenvalue weighted by Crippen LogP contribution is -2.39. The molecule has 0 aromatic carbocycles. The average Bonchev–Trinajstić information content (AvgIpc) is 2.71. The Labute approximate surface area is 106 Å². The van der Waals surface area contributed by atoms with Crippen molar-refractivity contribution >= 4 is 17.2 Å². The Kier molecular flexibility index (Phi) is 6.97. The van der Waals surface area contributed by atoms with Crippen LogP contribution in [0, 0.1) is 0 Å². The molecule has 94 valence electrons. The van der Waals surface area contributed by atoms with Gasteiger partial charge < -0.3 is 5.73 Å². The van der Waals surface area contributed by atoms with Crippen molar-refractivity contribution in [3.05, 3.63) is 0 Å². The third kappa shape index (κ3) is 4.79. The first-order valence-electron chi connectivity index (χ1n) is 6.79. The summed E-state index contributed by atoms with van der Waals surface area (Å²) in [7, 11) is 0. The first kappa shape index (κ1) is 13.9. The van der Waals surface area contributed by atoms with Crippen LogP contribution in [0.4, 0.5) is 0 Å². The fourth-order valence-corrected chi connectivity index (χ4v) is 2.78. The molecule has 2 nitrogen and oxygen atoms in total. The maximum absolute atomic E-state index is 5.75. The summed E-state index contributed by atoms with van der Waals surface area (Å²) in [4.78, 5) is 3.17. The molecule has 1 saturated heterocycles. The molecule has 2 N–H and O–H groups in total. The third-order valence-corrected chi connectivity index (χ3v) is 3.76. The molecular weight excluding hydrogens is 216 g/mol. The van der Waals surface area contributed by atoms with E-state index < -0.39 is 0 Å². The number of rotatable bonds is 8. The molecule has 3 heteroatoms. The highest BCUT2D eigenvalue weighted by Crippen LogP contribution is 2.18. The smallest absolute Gasteiger partial charge is 0.0902 e. The maximum atomic E-state index is 5.75. The van der Waals surface area contributed by atoms with Crippen LogP contribution in [0.1, 0.15) is 58.3 Å². The zero-order valence-corrected chi connectivity index (χ0v) is 11.4. The number of nitrogens with two attached hydrogens (primary N) is 1. The van der Waals surface area contributed by atoms with Crippen molar-refractivity contribution in [3.63, 3.8) is 0 Å². The van der Waals surface area contributed by atoms with Crippen LogP contribution in [0.25, 0.3) is 0 Å². The van der Waals surface area contributed by atoms with E-state index in [9.17, 15) is 0 Å². The van der Waals surface area contributed by atoms with Crippen LogP contribution in [-0.2, 0) is 0 Å². The van der Waals surface area contributed by atoms with Crippen LogP contribution < -0.4 is 5.73 Å². The molecule has 1 rings (SSSR count). The van der Waals surface area contributed by atoms with E-state index in [-0.39, 0.29) is 0 Å². The first-order valence-corrected chi connectivity index (χ1v) is 7.20. The lowest BCUT2D eigenvalue weighted by atomic mass is 10.1. The van der Waals surface area contributed by atoms with Gasteiger partial charge in [-0.3, -0.25) is 4.90 Å². The van der Waals surface area contributed by atoms with Gasteiger partial charge in [0.1, 0.15) is 0 Å². The van der Waals surface area contributed by atoms with Crippen LogP contribution in [0.2, 0.25) is 0 Å². The molecule has 1 aliphatic heterocycles. The van der Waals surface area contributed by atoms with E-state index in [1.54, 1.807) is 0 Å². The van der Waals surface area contributed by atoms with Gasteiger partial charge in [0, 0.05) is 0 Å². The normalized spacial score (nSPS) is 21.4. The highest BCUT2D eigenvalue weighted by atomic mass is 32.1. The van der Waals surface area contributed by atoms with E-state index in [1.807, 2.05) is 0 Å². The van der Waals surface area contributed by atoms with Gasteiger partial charge >= 0.3 is 0 Å². The summed E-state index contributed by atoms with van der Waals surface area (Å²) in [5, 5.41) is 0. The van der Waals surface area contributed by atoms with Crippen LogP contribution >= 0.6 is 12.2 Å². The Balaban J connectivity index is 2.05. The van der Waals surface area contributed by atoms with Crippen LogP contribution in [0.5, 0.6) is 0 Å². The summed E-state index contributed by atoms with van der Waals surface area (Å²) in [6, 6.07) is 0.394. The molecule has 0 aliphatic carbocycles. The zero-order chi connectivity index (χ0) is 11.8. The van der Waals surface area contributed by atoms with E-state index in [0.717, 1.165) is 0 Å². The summed E-state index contributed by atoms with van der Waals surface area (Å²) >= 11 is 5.10. The summed E-state index contributed by atoms with van der Waals surface area (Å²) in [6.07, 6.45) is 10.6. The minimum absolute atomic E-state index is 0.394. The molecule has 0 spiro atoms. The lowest BCUT2D eigenvalue weighted by molar-refractivity contribution is 0.294. The fourth-order valence-electron chi connectivity index (χ4n) is 2.51. The lowest BCUT2D eigenvalue weighted by Gasteiger charge is -2.23. The second-order valence-electron chi connectivity index (χ2n) is 4.86. The Hall–Kier alpha value is -0.150. The van der Waals surface area contributed by atoms with Gasteiger partial charge in [-0.2, -0.15) is 0 Å². The summed E-state index contributed by atoms with van der Waals surface area (Å²) in [5.41, 5.74) is 5.75. The van der Waals surface area contributed by atoms with Gasteiger partial charge in [0.15, 0.2) is 0 Å². The van der Waals surface area contributed by atoms with Gasteiger partial charge in [0.05, 0.1) is 11.0 Å². The van der Waals surface area contributed by atoms with E-state index >= 15 is 0 Å². The first-order chi connectivity index (χ1) is 7.75. The zero-order valence-electron chi connectivity index (χ0n) is 10.6. The second-order valence-corrected chi connectivity index (χ2v) is 5.34. The summed E-state index contributed by atoms with van der Waals surface area (Å²) in [6.45, 7) is 4.64. The van der Waals surface area contributed by atoms with Gasteiger partial charge in [0.2, 0.25) is 0 Å². The Morgan fingerprint density at radius 2 is 1.94 bits per heavy atom. The summed E-state index contributed by atoms with van der Waals surface area (Å²) < 4.78 is 0. The number of nitrogens with zero attached hydrogens (tertiary/aromatic N) is 1. The number of unbranched alkanes of at least 4 members (excludes halogenated alkanes) is 5. The van der Waals surface area contributed by atoms with E-state index in [1.165, 1.54) is 64.5 Å². The molecule has 0 amide bonds. The topological polar surface area (TPSA) is 29.3 Å². The molecule has 1 atom stereocenters. The predicted molar refractivity (Wildman–Crippen MR) is 74.8 cm³/mol. The summed E-state index contributed by atoms with van der Waals surface area (Å²) in [5.74, 6) is 0. The van der Waals surface area contributed by atoms with E-state index in [2.05, 4.69) is 11.8 Å². The maximum Gasteiger partial charge on any atom is 0.0902 e. The van der Waals surface area contributed by atoms with Gasteiger partial charge in [-0.15, -0.1) is 0 Å². The molecule has 1 unspecified atom stereocenters. The molecular formula is C13H26N2S.